The van der Waals surface area contributed by atoms with Crippen LogP contribution in [0.25, 0.3) is 11.1 Å². The quantitative estimate of drug-likeness (QED) is 0.555. The average Bonchev–Trinajstić information content (AvgIpc) is 2.35. The predicted molar refractivity (Wildman–Crippen MR) is 99.5 cm³/mol. The Bertz CT molecular complexity index is 646. The van der Waals surface area contributed by atoms with Gasteiger partial charge in [-0.25, -0.2) is 0 Å². The summed E-state index contributed by atoms with van der Waals surface area (Å²) < 4.78 is 0. The summed E-state index contributed by atoms with van der Waals surface area (Å²) in [6, 6.07) is 9.14. The zero-order valence-electron chi connectivity index (χ0n) is 15.3. The molecule has 116 valence electrons. The topological polar surface area (TPSA) is 0 Å². The first kappa shape index (κ1) is 16.5. The van der Waals surface area contributed by atoms with Crippen molar-refractivity contribution in [1.29, 1.82) is 0 Å². The van der Waals surface area contributed by atoms with E-state index in [2.05, 4.69) is 79.7 Å². The number of aryl methyl sites for hydroxylation is 6. The first-order valence-electron chi connectivity index (χ1n) is 8.06. The van der Waals surface area contributed by atoms with Crippen LogP contribution in [0.1, 0.15) is 58.4 Å². The highest BCUT2D eigenvalue weighted by Crippen LogP contribution is 2.33. The molecule has 22 heavy (non-hydrogen) atoms. The third kappa shape index (κ3) is 3.02. The molecule has 0 saturated heterocycles. The van der Waals surface area contributed by atoms with Crippen LogP contribution in [0.2, 0.25) is 0 Å². The minimum absolute atomic E-state index is 1.34. The summed E-state index contributed by atoms with van der Waals surface area (Å²) in [5.41, 5.74) is 13.8. The smallest absolute Gasteiger partial charge is 0.0166 e. The van der Waals surface area contributed by atoms with Crippen LogP contribution in [0, 0.1) is 41.5 Å². The number of hydrogen-bond acceptors (Lipinski definition) is 0. The van der Waals surface area contributed by atoms with Crippen LogP contribution in [0.5, 0.6) is 0 Å². The lowest BCUT2D eigenvalue weighted by Gasteiger charge is -2.18. The summed E-state index contributed by atoms with van der Waals surface area (Å²) in [7, 11) is 0. The molecular formula is C22H28. The fourth-order valence-corrected chi connectivity index (χ4v) is 3.92. The van der Waals surface area contributed by atoms with E-state index in [9.17, 15) is 0 Å². The molecule has 0 unspecified atom stereocenters. The Kier molecular flexibility index (Phi) is 4.60. The largest absolute Gasteiger partial charge is 0.0558 e. The van der Waals surface area contributed by atoms with Crippen molar-refractivity contribution in [2.24, 2.45) is 0 Å². The number of benzene rings is 2. The minimum atomic E-state index is 1.34. The van der Waals surface area contributed by atoms with Crippen LogP contribution >= 0.6 is 0 Å². The predicted octanol–water partition coefficient (Wildman–Crippen LogP) is 6.49. The van der Waals surface area contributed by atoms with Gasteiger partial charge >= 0.3 is 0 Å². The molecule has 0 aliphatic carbocycles. The summed E-state index contributed by atoms with van der Waals surface area (Å²) in [6.45, 7) is 17.8. The van der Waals surface area contributed by atoms with E-state index in [1.54, 1.807) is 0 Å². The first-order valence-corrected chi connectivity index (χ1v) is 8.06. The monoisotopic (exact) mass is 292 g/mol. The van der Waals surface area contributed by atoms with E-state index in [-0.39, 0.29) is 0 Å². The van der Waals surface area contributed by atoms with Gasteiger partial charge in [0.25, 0.3) is 0 Å². The molecule has 0 N–H and O–H groups in total. The zero-order valence-corrected chi connectivity index (χ0v) is 15.3. The Balaban J connectivity index is 2.70. The van der Waals surface area contributed by atoms with Crippen LogP contribution in [-0.4, -0.2) is 0 Å². The number of rotatable bonds is 2. The van der Waals surface area contributed by atoms with Crippen molar-refractivity contribution in [3.05, 3.63) is 68.8 Å². The summed E-state index contributed by atoms with van der Waals surface area (Å²) in [6.07, 6.45) is 0. The van der Waals surface area contributed by atoms with Crippen molar-refractivity contribution in [2.75, 3.05) is 0 Å². The SMILES string of the molecule is C/C(=C(/C)c1c(C)cc(C)cc1C)c1c(C)cc(C)cc1C. The van der Waals surface area contributed by atoms with E-state index in [4.69, 9.17) is 0 Å². The summed E-state index contributed by atoms with van der Waals surface area (Å²) in [5, 5.41) is 0. The van der Waals surface area contributed by atoms with E-state index in [0.717, 1.165) is 0 Å². The van der Waals surface area contributed by atoms with Crippen molar-refractivity contribution < 1.29 is 0 Å². The molecule has 0 bridgehead atoms. The van der Waals surface area contributed by atoms with Gasteiger partial charge in [-0.3, -0.25) is 0 Å². The van der Waals surface area contributed by atoms with Crippen LogP contribution in [0.4, 0.5) is 0 Å². The average molecular weight is 292 g/mol. The molecule has 0 saturated carbocycles. The van der Waals surface area contributed by atoms with Crippen LogP contribution in [0.3, 0.4) is 0 Å². The van der Waals surface area contributed by atoms with Crippen LogP contribution in [-0.2, 0) is 0 Å². The standard InChI is InChI=1S/C22H28/c1-13-9-15(3)21(16(4)10-13)19(7)20(8)22-17(5)11-14(2)12-18(22)6/h9-12H,1-8H3/b20-19+. The summed E-state index contributed by atoms with van der Waals surface area (Å²) >= 11 is 0. The Labute approximate surface area is 135 Å². The second-order valence-corrected chi connectivity index (χ2v) is 6.80. The van der Waals surface area contributed by atoms with Gasteiger partial charge in [-0.15, -0.1) is 0 Å². The Morgan fingerprint density at radius 2 is 0.727 bits per heavy atom. The maximum atomic E-state index is 2.29. The van der Waals surface area contributed by atoms with Gasteiger partial charge in [-0.2, -0.15) is 0 Å². The molecule has 2 rings (SSSR count). The molecule has 0 aromatic heterocycles. The maximum Gasteiger partial charge on any atom is -0.0166 e. The normalized spacial score (nSPS) is 12.4. The minimum Gasteiger partial charge on any atom is -0.0558 e. The fraction of sp³-hybridized carbons (Fsp3) is 0.364. The third-order valence-corrected chi connectivity index (χ3v) is 4.67. The third-order valence-electron chi connectivity index (χ3n) is 4.67. The lowest BCUT2D eigenvalue weighted by molar-refractivity contribution is 1.26. The Morgan fingerprint density at radius 1 is 0.500 bits per heavy atom. The van der Waals surface area contributed by atoms with E-state index in [1.165, 1.54) is 55.7 Å². The van der Waals surface area contributed by atoms with E-state index in [1.807, 2.05) is 0 Å². The van der Waals surface area contributed by atoms with Crippen molar-refractivity contribution in [1.82, 2.24) is 0 Å². The second kappa shape index (κ2) is 6.12. The molecular weight excluding hydrogens is 264 g/mol. The molecule has 0 nitrogen and oxygen atoms in total. The lowest BCUT2D eigenvalue weighted by atomic mass is 9.87. The highest BCUT2D eigenvalue weighted by atomic mass is 14.2. The Hall–Kier alpha value is -1.82. The molecule has 0 atom stereocenters. The molecule has 0 heterocycles. The van der Waals surface area contributed by atoms with Crippen molar-refractivity contribution in [2.45, 2.75) is 55.4 Å². The van der Waals surface area contributed by atoms with Crippen LogP contribution in [0.15, 0.2) is 24.3 Å². The molecule has 0 spiro atoms. The van der Waals surface area contributed by atoms with Gasteiger partial charge in [0, 0.05) is 0 Å². The van der Waals surface area contributed by atoms with Crippen molar-refractivity contribution in [3.8, 4) is 0 Å². The van der Waals surface area contributed by atoms with Gasteiger partial charge in [0.05, 0.1) is 0 Å². The van der Waals surface area contributed by atoms with Crippen LogP contribution < -0.4 is 0 Å². The lowest BCUT2D eigenvalue weighted by Crippen LogP contribution is -1.98. The number of allylic oxidation sites excluding steroid dienone is 2. The first-order chi connectivity index (χ1) is 10.2. The van der Waals surface area contributed by atoms with E-state index in [0.29, 0.717) is 0 Å². The second-order valence-electron chi connectivity index (χ2n) is 6.80. The van der Waals surface area contributed by atoms with Gasteiger partial charge in [0.15, 0.2) is 0 Å². The van der Waals surface area contributed by atoms with Gasteiger partial charge in [0.1, 0.15) is 0 Å². The summed E-state index contributed by atoms with van der Waals surface area (Å²) in [4.78, 5) is 0. The molecule has 0 amide bonds. The van der Waals surface area contributed by atoms with Crippen molar-refractivity contribution >= 4 is 11.1 Å². The fourth-order valence-electron chi connectivity index (χ4n) is 3.92. The van der Waals surface area contributed by atoms with Crippen molar-refractivity contribution in [3.63, 3.8) is 0 Å². The van der Waals surface area contributed by atoms with Gasteiger partial charge in [-0.1, -0.05) is 35.4 Å². The molecule has 0 radical (unpaired) electrons. The molecule has 0 fully saturated rings. The highest BCUT2D eigenvalue weighted by molar-refractivity contribution is 5.92. The van der Waals surface area contributed by atoms with Gasteiger partial charge < -0.3 is 0 Å². The van der Waals surface area contributed by atoms with Gasteiger partial charge in [0.2, 0.25) is 0 Å². The maximum absolute atomic E-state index is 2.29. The molecule has 2 aromatic carbocycles. The van der Waals surface area contributed by atoms with E-state index < -0.39 is 0 Å². The van der Waals surface area contributed by atoms with Gasteiger partial charge in [-0.05, 0) is 99.9 Å². The van der Waals surface area contributed by atoms with E-state index >= 15 is 0 Å². The molecule has 2 aromatic rings. The zero-order chi connectivity index (χ0) is 16.6. The highest BCUT2D eigenvalue weighted by Gasteiger charge is 2.13. The Morgan fingerprint density at radius 3 is 0.955 bits per heavy atom. The summed E-state index contributed by atoms with van der Waals surface area (Å²) in [5.74, 6) is 0. The molecule has 0 aliphatic heterocycles. The molecule has 0 heteroatoms. The molecule has 0 aliphatic rings. The number of hydrogen-bond donors (Lipinski definition) is 0.